The predicted octanol–water partition coefficient (Wildman–Crippen LogP) is 5.17. The van der Waals surface area contributed by atoms with E-state index in [4.69, 9.17) is 33.0 Å². The minimum Gasteiger partial charge on any atom is -0.481 e. The monoisotopic (exact) mass is 454 g/mol. The van der Waals surface area contributed by atoms with Crippen molar-refractivity contribution in [3.05, 3.63) is 33.3 Å². The first kappa shape index (κ1) is 22.6. The van der Waals surface area contributed by atoms with Crippen LogP contribution in [0, 0.1) is 5.41 Å². The van der Waals surface area contributed by atoms with Gasteiger partial charge in [0.25, 0.3) is 0 Å². The van der Waals surface area contributed by atoms with Crippen molar-refractivity contribution >= 4 is 46.5 Å². The first-order chi connectivity index (χ1) is 14.2. The van der Waals surface area contributed by atoms with Crippen LogP contribution in [0.3, 0.4) is 0 Å². The zero-order valence-electron chi connectivity index (χ0n) is 16.7. The number of ether oxygens (including phenoxy) is 1. The van der Waals surface area contributed by atoms with Crippen LogP contribution in [0.2, 0.25) is 10.0 Å². The Morgan fingerprint density at radius 1 is 1.23 bits per heavy atom. The van der Waals surface area contributed by atoms with Crippen molar-refractivity contribution in [2.24, 2.45) is 5.41 Å². The van der Waals surface area contributed by atoms with Crippen LogP contribution in [-0.2, 0) is 20.8 Å². The van der Waals surface area contributed by atoms with E-state index in [1.165, 1.54) is 0 Å². The molecule has 0 bridgehead atoms. The Morgan fingerprint density at radius 3 is 2.60 bits per heavy atom. The van der Waals surface area contributed by atoms with Crippen LogP contribution in [0.4, 0.5) is 0 Å². The zero-order chi connectivity index (χ0) is 22.1. The van der Waals surface area contributed by atoms with Gasteiger partial charge in [-0.15, -0.1) is 0 Å². The number of hydrogen-bond acceptors (Lipinski definition) is 4. The van der Waals surface area contributed by atoms with Crippen molar-refractivity contribution < 1.29 is 29.3 Å². The molecular formula is C22H24Cl2O6. The van der Waals surface area contributed by atoms with Gasteiger partial charge in [-0.1, -0.05) is 30.1 Å². The summed E-state index contributed by atoms with van der Waals surface area (Å²) in [4.78, 5) is 34.3. The van der Waals surface area contributed by atoms with Crippen molar-refractivity contribution in [2.75, 3.05) is 0 Å². The molecule has 8 heteroatoms. The van der Waals surface area contributed by atoms with E-state index < -0.39 is 18.0 Å². The van der Waals surface area contributed by atoms with Crippen molar-refractivity contribution in [3.8, 4) is 5.75 Å². The lowest BCUT2D eigenvalue weighted by molar-refractivity contribution is -0.145. The summed E-state index contributed by atoms with van der Waals surface area (Å²) in [5.41, 5.74) is 2.41. The van der Waals surface area contributed by atoms with E-state index in [0.717, 1.165) is 29.5 Å². The number of allylic oxidation sites excluding steroid dienone is 2. The number of carbonyl (C=O) groups excluding carboxylic acids is 1. The SMILES string of the molecule is CCC12CCC(=O)C=C1c1c(cc(OC(CCCCC(=O)O)C(=O)O)c(Cl)c1Cl)C2. The topological polar surface area (TPSA) is 101 Å². The Bertz CT molecular complexity index is 923. The summed E-state index contributed by atoms with van der Waals surface area (Å²) in [5, 5.41) is 18.6. The van der Waals surface area contributed by atoms with Gasteiger partial charge < -0.3 is 14.9 Å². The maximum Gasteiger partial charge on any atom is 0.344 e. The van der Waals surface area contributed by atoms with Gasteiger partial charge in [0, 0.05) is 23.8 Å². The summed E-state index contributed by atoms with van der Waals surface area (Å²) in [6.07, 6.45) is 4.20. The maximum atomic E-state index is 12.0. The fraction of sp³-hybridized carbons (Fsp3) is 0.500. The molecule has 0 amide bonds. The normalized spacial score (nSPS) is 20.9. The van der Waals surface area contributed by atoms with E-state index in [0.29, 0.717) is 25.7 Å². The van der Waals surface area contributed by atoms with Gasteiger partial charge in [0.05, 0.1) is 5.02 Å². The Hall–Kier alpha value is -2.05. The molecule has 3 rings (SSSR count). The second-order valence-electron chi connectivity index (χ2n) is 7.96. The Morgan fingerprint density at radius 2 is 1.97 bits per heavy atom. The molecule has 1 aromatic rings. The van der Waals surface area contributed by atoms with Crippen LogP contribution < -0.4 is 4.74 Å². The first-order valence-corrected chi connectivity index (χ1v) is 10.8. The standard InChI is InChI=1S/C22H24Cl2O6/c1-2-22-8-7-13(25)10-14(22)18-12(11-22)9-16(19(23)20(18)24)30-15(21(28)29)5-3-4-6-17(26)27/h9-10,15H,2-8,11H2,1H3,(H,26,27)(H,28,29). The molecule has 0 saturated heterocycles. The number of ketones is 1. The van der Waals surface area contributed by atoms with Crippen LogP contribution in [0.1, 0.15) is 63.0 Å². The number of hydrogen-bond donors (Lipinski definition) is 2. The number of aliphatic carboxylic acids is 2. The predicted molar refractivity (Wildman–Crippen MR) is 113 cm³/mol. The average Bonchev–Trinajstić information content (AvgIpc) is 3.01. The Balaban J connectivity index is 1.88. The zero-order valence-corrected chi connectivity index (χ0v) is 18.2. The maximum absolute atomic E-state index is 12.0. The Labute approximate surface area is 184 Å². The number of rotatable bonds is 9. The summed E-state index contributed by atoms with van der Waals surface area (Å²) in [5.74, 6) is -1.80. The molecule has 2 unspecified atom stereocenters. The van der Waals surface area contributed by atoms with Gasteiger partial charge in [-0.2, -0.15) is 0 Å². The highest BCUT2D eigenvalue weighted by atomic mass is 35.5. The molecule has 2 N–H and O–H groups in total. The minimum atomic E-state index is -1.16. The molecule has 30 heavy (non-hydrogen) atoms. The molecule has 0 spiro atoms. The van der Waals surface area contributed by atoms with Gasteiger partial charge in [0.2, 0.25) is 0 Å². The van der Waals surface area contributed by atoms with Crippen LogP contribution in [-0.4, -0.2) is 34.0 Å². The lowest BCUT2D eigenvalue weighted by atomic mass is 9.71. The van der Waals surface area contributed by atoms with E-state index in [-0.39, 0.29) is 39.8 Å². The Kier molecular flexibility index (Phi) is 6.78. The number of carbonyl (C=O) groups is 3. The third kappa shape index (κ3) is 4.35. The molecule has 0 radical (unpaired) electrons. The number of halogens is 2. The van der Waals surface area contributed by atoms with Crippen LogP contribution in [0.5, 0.6) is 5.75 Å². The second-order valence-corrected chi connectivity index (χ2v) is 8.71. The number of carboxylic acids is 2. The molecule has 2 aliphatic rings. The van der Waals surface area contributed by atoms with E-state index >= 15 is 0 Å². The molecule has 2 atom stereocenters. The van der Waals surface area contributed by atoms with Gasteiger partial charge in [-0.25, -0.2) is 4.79 Å². The van der Waals surface area contributed by atoms with E-state index in [9.17, 15) is 19.5 Å². The molecular weight excluding hydrogens is 431 g/mol. The van der Waals surface area contributed by atoms with Crippen molar-refractivity contribution in [3.63, 3.8) is 0 Å². The molecule has 0 saturated carbocycles. The van der Waals surface area contributed by atoms with E-state index in [1.807, 2.05) is 0 Å². The average molecular weight is 455 g/mol. The second kappa shape index (κ2) is 8.98. The summed E-state index contributed by atoms with van der Waals surface area (Å²) in [6.45, 7) is 2.08. The fourth-order valence-electron chi connectivity index (χ4n) is 4.42. The van der Waals surface area contributed by atoms with Gasteiger partial charge in [-0.3, -0.25) is 9.59 Å². The van der Waals surface area contributed by atoms with Crippen LogP contribution in [0.25, 0.3) is 5.57 Å². The fourth-order valence-corrected chi connectivity index (χ4v) is 4.93. The van der Waals surface area contributed by atoms with Gasteiger partial charge in [0.1, 0.15) is 10.8 Å². The number of benzene rings is 1. The lowest BCUT2D eigenvalue weighted by Crippen LogP contribution is -2.27. The highest BCUT2D eigenvalue weighted by molar-refractivity contribution is 6.44. The molecule has 0 aromatic heterocycles. The van der Waals surface area contributed by atoms with E-state index in [2.05, 4.69) is 6.92 Å². The lowest BCUT2D eigenvalue weighted by Gasteiger charge is -2.32. The van der Waals surface area contributed by atoms with E-state index in [1.54, 1.807) is 12.1 Å². The summed E-state index contributed by atoms with van der Waals surface area (Å²) < 4.78 is 5.71. The largest absolute Gasteiger partial charge is 0.481 e. The van der Waals surface area contributed by atoms with Crippen LogP contribution in [0.15, 0.2) is 12.1 Å². The number of fused-ring (bicyclic) bond motifs is 3. The highest BCUT2D eigenvalue weighted by Gasteiger charge is 2.44. The van der Waals surface area contributed by atoms with Crippen molar-refractivity contribution in [1.82, 2.24) is 0 Å². The van der Waals surface area contributed by atoms with Crippen molar-refractivity contribution in [2.45, 2.75) is 64.4 Å². The number of unbranched alkanes of at least 4 members (excludes halogenated alkanes) is 1. The van der Waals surface area contributed by atoms with Gasteiger partial charge in [-0.05, 0) is 61.8 Å². The molecule has 0 fully saturated rings. The smallest absolute Gasteiger partial charge is 0.344 e. The molecule has 6 nitrogen and oxygen atoms in total. The minimum absolute atomic E-state index is 0.0231. The molecule has 0 aliphatic heterocycles. The third-order valence-electron chi connectivity index (χ3n) is 6.11. The summed E-state index contributed by atoms with van der Waals surface area (Å²) in [6, 6.07) is 1.73. The number of carboxylic acid groups (broad SMARTS) is 2. The third-order valence-corrected chi connectivity index (χ3v) is 6.96. The molecule has 1 aromatic carbocycles. The van der Waals surface area contributed by atoms with Gasteiger partial charge in [0.15, 0.2) is 11.9 Å². The summed E-state index contributed by atoms with van der Waals surface area (Å²) in [7, 11) is 0. The molecule has 2 aliphatic carbocycles. The quantitative estimate of drug-likeness (QED) is 0.499. The molecule has 162 valence electrons. The molecule has 0 heterocycles. The van der Waals surface area contributed by atoms with Gasteiger partial charge >= 0.3 is 11.9 Å². The summed E-state index contributed by atoms with van der Waals surface area (Å²) >= 11 is 13.0. The van der Waals surface area contributed by atoms with Crippen LogP contribution >= 0.6 is 23.2 Å². The van der Waals surface area contributed by atoms with Crippen molar-refractivity contribution in [1.29, 1.82) is 0 Å². The highest BCUT2D eigenvalue weighted by Crippen LogP contribution is 2.57. The first-order valence-electron chi connectivity index (χ1n) is 10.1.